The van der Waals surface area contributed by atoms with Crippen LogP contribution < -0.4 is 0 Å². The molecular formula is C15H18N2O4. The summed E-state index contributed by atoms with van der Waals surface area (Å²) >= 11 is 0. The van der Waals surface area contributed by atoms with E-state index in [9.17, 15) is 5.11 Å². The monoisotopic (exact) mass is 290 g/mol. The Kier molecular flexibility index (Phi) is 2.84. The standard InChI is InChI=1S/C15H18N2O4/c1-15(2)20-12-11(8-18)19-14(13(12)21-15)17-10-6-4-3-5-9(10)7-16-17/h3-7,11-14,18H,8H2,1-2H3/t11-,12-,13-,14+/m1/s1. The van der Waals surface area contributed by atoms with Gasteiger partial charge in [0.15, 0.2) is 12.0 Å². The Balaban J connectivity index is 1.75. The normalized spacial score (nSPS) is 34.4. The fraction of sp³-hybridized carbons (Fsp3) is 0.533. The molecule has 0 bridgehead atoms. The van der Waals surface area contributed by atoms with Gasteiger partial charge < -0.3 is 19.3 Å². The Bertz CT molecular complexity index is 668. The second-order valence-corrected chi connectivity index (χ2v) is 5.96. The SMILES string of the molecule is CC1(C)O[C@@H]2[C@H](O1)[C@@H](CO)O[C@@H]2n1ncc2ccccc21. The van der Waals surface area contributed by atoms with Crippen molar-refractivity contribution in [2.45, 2.75) is 44.2 Å². The van der Waals surface area contributed by atoms with E-state index < -0.39 is 18.1 Å². The van der Waals surface area contributed by atoms with E-state index in [1.807, 2.05) is 42.8 Å². The van der Waals surface area contributed by atoms with Crippen LogP contribution in [0.4, 0.5) is 0 Å². The van der Waals surface area contributed by atoms with Gasteiger partial charge >= 0.3 is 0 Å². The fourth-order valence-corrected chi connectivity index (χ4v) is 3.20. The number of hydrogen-bond donors (Lipinski definition) is 1. The summed E-state index contributed by atoms with van der Waals surface area (Å²) in [4.78, 5) is 0. The van der Waals surface area contributed by atoms with Crippen LogP contribution in [0.15, 0.2) is 30.5 Å². The van der Waals surface area contributed by atoms with Crippen molar-refractivity contribution in [2.75, 3.05) is 6.61 Å². The van der Waals surface area contributed by atoms with Crippen LogP contribution in [0.2, 0.25) is 0 Å². The lowest BCUT2D eigenvalue weighted by Gasteiger charge is -2.24. The van der Waals surface area contributed by atoms with Gasteiger partial charge in [0, 0.05) is 5.39 Å². The molecule has 2 aliphatic rings. The van der Waals surface area contributed by atoms with Gasteiger partial charge in [0.2, 0.25) is 0 Å². The van der Waals surface area contributed by atoms with Gasteiger partial charge in [0.25, 0.3) is 0 Å². The first-order valence-electron chi connectivity index (χ1n) is 7.13. The van der Waals surface area contributed by atoms with E-state index >= 15 is 0 Å². The lowest BCUT2D eigenvalue weighted by molar-refractivity contribution is -0.201. The largest absolute Gasteiger partial charge is 0.394 e. The second kappa shape index (κ2) is 4.51. The highest BCUT2D eigenvalue weighted by molar-refractivity contribution is 5.78. The second-order valence-electron chi connectivity index (χ2n) is 5.96. The number of aromatic nitrogens is 2. The topological polar surface area (TPSA) is 65.7 Å². The van der Waals surface area contributed by atoms with E-state index in [-0.39, 0.29) is 18.8 Å². The van der Waals surface area contributed by atoms with Crippen LogP contribution >= 0.6 is 0 Å². The zero-order valence-electron chi connectivity index (χ0n) is 12.0. The van der Waals surface area contributed by atoms with Gasteiger partial charge in [-0.3, -0.25) is 0 Å². The number of fused-ring (bicyclic) bond motifs is 2. The van der Waals surface area contributed by atoms with E-state index in [2.05, 4.69) is 5.10 Å². The highest BCUT2D eigenvalue weighted by Gasteiger charge is 2.56. The lowest BCUT2D eigenvalue weighted by atomic mass is 10.1. The van der Waals surface area contributed by atoms with Gasteiger partial charge in [-0.05, 0) is 19.9 Å². The summed E-state index contributed by atoms with van der Waals surface area (Å²) in [6.07, 6.45) is 0.456. The van der Waals surface area contributed by atoms with Crippen molar-refractivity contribution in [2.24, 2.45) is 0 Å². The molecule has 2 fully saturated rings. The third-order valence-electron chi connectivity index (χ3n) is 4.05. The molecule has 0 amide bonds. The maximum Gasteiger partial charge on any atom is 0.180 e. The average Bonchev–Trinajstić information content (AvgIpc) is 3.09. The molecule has 1 aromatic heterocycles. The van der Waals surface area contributed by atoms with Gasteiger partial charge in [-0.15, -0.1) is 0 Å². The van der Waals surface area contributed by atoms with E-state index in [0.29, 0.717) is 0 Å². The van der Waals surface area contributed by atoms with Gasteiger partial charge in [-0.25, -0.2) is 4.68 Å². The number of aliphatic hydroxyl groups excluding tert-OH is 1. The van der Waals surface area contributed by atoms with Crippen molar-refractivity contribution >= 4 is 10.9 Å². The Morgan fingerprint density at radius 2 is 2.00 bits per heavy atom. The van der Waals surface area contributed by atoms with Crippen LogP contribution in [-0.2, 0) is 14.2 Å². The smallest absolute Gasteiger partial charge is 0.180 e. The van der Waals surface area contributed by atoms with Gasteiger partial charge in [-0.1, -0.05) is 18.2 Å². The molecule has 0 radical (unpaired) electrons. The molecular weight excluding hydrogens is 272 g/mol. The quantitative estimate of drug-likeness (QED) is 0.906. The van der Waals surface area contributed by atoms with Crippen molar-refractivity contribution in [3.63, 3.8) is 0 Å². The van der Waals surface area contributed by atoms with Crippen LogP contribution in [0.5, 0.6) is 0 Å². The van der Waals surface area contributed by atoms with E-state index in [1.54, 1.807) is 6.20 Å². The summed E-state index contributed by atoms with van der Waals surface area (Å²) in [5, 5.41) is 15.0. The Labute approximate surface area is 122 Å². The number of rotatable bonds is 2. The zero-order chi connectivity index (χ0) is 14.6. The highest BCUT2D eigenvalue weighted by atomic mass is 16.8. The maximum atomic E-state index is 9.52. The number of nitrogens with zero attached hydrogens (tertiary/aromatic N) is 2. The molecule has 2 aromatic rings. The fourth-order valence-electron chi connectivity index (χ4n) is 3.20. The maximum absolute atomic E-state index is 9.52. The third-order valence-corrected chi connectivity index (χ3v) is 4.05. The molecule has 1 N–H and O–H groups in total. The molecule has 6 nitrogen and oxygen atoms in total. The summed E-state index contributed by atoms with van der Waals surface area (Å²) < 4.78 is 19.6. The minimum Gasteiger partial charge on any atom is -0.394 e. The molecule has 2 saturated heterocycles. The zero-order valence-corrected chi connectivity index (χ0v) is 12.0. The number of ether oxygens (including phenoxy) is 3. The van der Waals surface area contributed by atoms with Crippen LogP contribution in [0.1, 0.15) is 20.1 Å². The minimum atomic E-state index is -0.673. The van der Waals surface area contributed by atoms with E-state index in [4.69, 9.17) is 14.2 Å². The third kappa shape index (κ3) is 1.98. The molecule has 0 spiro atoms. The van der Waals surface area contributed by atoms with Gasteiger partial charge in [-0.2, -0.15) is 5.10 Å². The van der Waals surface area contributed by atoms with Crippen molar-refractivity contribution in [1.29, 1.82) is 0 Å². The van der Waals surface area contributed by atoms with Crippen molar-refractivity contribution < 1.29 is 19.3 Å². The summed E-state index contributed by atoms with van der Waals surface area (Å²) in [6.45, 7) is 3.65. The summed E-state index contributed by atoms with van der Waals surface area (Å²) in [5.41, 5.74) is 0.980. The molecule has 6 heteroatoms. The first-order chi connectivity index (χ1) is 10.1. The number of benzene rings is 1. The number of aliphatic hydroxyl groups is 1. The van der Waals surface area contributed by atoms with E-state index in [0.717, 1.165) is 10.9 Å². The molecule has 0 aliphatic carbocycles. The number of para-hydroxylation sites is 1. The summed E-state index contributed by atoms with van der Waals surface area (Å²) in [6, 6.07) is 7.94. The average molecular weight is 290 g/mol. The van der Waals surface area contributed by atoms with Crippen molar-refractivity contribution in [1.82, 2.24) is 9.78 Å². The Morgan fingerprint density at radius 1 is 1.24 bits per heavy atom. The molecule has 1 aromatic carbocycles. The molecule has 4 rings (SSSR count). The van der Waals surface area contributed by atoms with Gasteiger partial charge in [0.1, 0.15) is 18.3 Å². The summed E-state index contributed by atoms with van der Waals surface area (Å²) in [7, 11) is 0. The first-order valence-corrected chi connectivity index (χ1v) is 7.13. The van der Waals surface area contributed by atoms with E-state index in [1.165, 1.54) is 0 Å². The first kappa shape index (κ1) is 13.2. The predicted octanol–water partition coefficient (Wildman–Crippen LogP) is 1.45. The van der Waals surface area contributed by atoms with Crippen LogP contribution in [-0.4, -0.2) is 45.6 Å². The molecule has 4 atom stereocenters. The molecule has 112 valence electrons. The van der Waals surface area contributed by atoms with Crippen molar-refractivity contribution in [3.05, 3.63) is 30.5 Å². The lowest BCUT2D eigenvalue weighted by Crippen LogP contribution is -2.31. The molecule has 2 aliphatic heterocycles. The van der Waals surface area contributed by atoms with Crippen LogP contribution in [0.3, 0.4) is 0 Å². The molecule has 0 unspecified atom stereocenters. The predicted molar refractivity (Wildman–Crippen MR) is 74.6 cm³/mol. The Morgan fingerprint density at radius 3 is 2.81 bits per heavy atom. The van der Waals surface area contributed by atoms with Gasteiger partial charge in [0.05, 0.1) is 18.3 Å². The highest BCUT2D eigenvalue weighted by Crippen LogP contribution is 2.43. The van der Waals surface area contributed by atoms with Crippen molar-refractivity contribution in [3.8, 4) is 0 Å². The van der Waals surface area contributed by atoms with Crippen LogP contribution in [0.25, 0.3) is 10.9 Å². The molecule has 0 saturated carbocycles. The molecule has 21 heavy (non-hydrogen) atoms. The van der Waals surface area contributed by atoms with Crippen LogP contribution in [0, 0.1) is 0 Å². The Hall–Kier alpha value is -1.47. The minimum absolute atomic E-state index is 0.101. The summed E-state index contributed by atoms with van der Waals surface area (Å²) in [5.74, 6) is -0.673. The molecule has 3 heterocycles. The number of hydrogen-bond acceptors (Lipinski definition) is 5.